The fourth-order valence-corrected chi connectivity index (χ4v) is 2.92. The smallest absolute Gasteiger partial charge is 0.106 e. The van der Waals surface area contributed by atoms with Gasteiger partial charge in [-0.3, -0.25) is 4.68 Å². The third-order valence-corrected chi connectivity index (χ3v) is 3.90. The van der Waals surface area contributed by atoms with Gasteiger partial charge in [0.15, 0.2) is 0 Å². The summed E-state index contributed by atoms with van der Waals surface area (Å²) in [4.78, 5) is 0. The summed E-state index contributed by atoms with van der Waals surface area (Å²) >= 11 is 3.58. The number of hydrogen-bond donors (Lipinski definition) is 1. The van der Waals surface area contributed by atoms with Crippen LogP contribution in [0.3, 0.4) is 0 Å². The molecule has 0 spiro atoms. The molecule has 6 heteroatoms. The monoisotopic (exact) mass is 341 g/mol. The van der Waals surface area contributed by atoms with Gasteiger partial charge < -0.3 is 14.5 Å². The summed E-state index contributed by atoms with van der Waals surface area (Å²) in [6.45, 7) is 5.28. The van der Waals surface area contributed by atoms with Gasteiger partial charge in [0.25, 0.3) is 0 Å². The van der Waals surface area contributed by atoms with Gasteiger partial charge in [-0.25, -0.2) is 0 Å². The maximum Gasteiger partial charge on any atom is 0.106 e. The zero-order chi connectivity index (χ0) is 14.7. The number of nitrogens with zero attached hydrogens (tertiary/aromatic N) is 2. The Hall–Kier alpha value is -1.11. The molecule has 20 heavy (non-hydrogen) atoms. The Labute approximate surface area is 127 Å². The molecule has 1 unspecified atom stereocenters. The fraction of sp³-hybridized carbons (Fsp3) is 0.500. The van der Waals surface area contributed by atoms with E-state index in [2.05, 4.69) is 32.4 Å². The molecule has 2 aromatic rings. The maximum absolute atomic E-state index is 5.65. The van der Waals surface area contributed by atoms with Crippen LogP contribution in [0.15, 0.2) is 21.2 Å². The molecule has 0 bridgehead atoms. The van der Waals surface area contributed by atoms with Gasteiger partial charge in [0, 0.05) is 12.7 Å². The molecule has 2 heterocycles. The van der Waals surface area contributed by atoms with Crippen LogP contribution in [0.5, 0.6) is 0 Å². The third kappa shape index (κ3) is 2.97. The lowest BCUT2D eigenvalue weighted by Crippen LogP contribution is -2.23. The Bertz CT molecular complexity index is 577. The number of furan rings is 1. The Morgan fingerprint density at radius 2 is 2.25 bits per heavy atom. The molecule has 0 saturated heterocycles. The van der Waals surface area contributed by atoms with Crippen molar-refractivity contribution < 1.29 is 9.15 Å². The van der Waals surface area contributed by atoms with Crippen molar-refractivity contribution in [1.29, 1.82) is 0 Å². The summed E-state index contributed by atoms with van der Waals surface area (Å²) in [6.07, 6.45) is 1.82. The molecule has 0 aliphatic rings. The molecule has 5 nitrogen and oxygen atoms in total. The number of aromatic nitrogens is 2. The largest absolute Gasteiger partial charge is 0.466 e. The summed E-state index contributed by atoms with van der Waals surface area (Å²) in [5.41, 5.74) is 2.21. The van der Waals surface area contributed by atoms with Crippen LogP contribution in [0.2, 0.25) is 0 Å². The number of rotatable bonds is 6. The van der Waals surface area contributed by atoms with Gasteiger partial charge in [-0.05, 0) is 42.9 Å². The minimum atomic E-state index is 0.0289. The van der Waals surface area contributed by atoms with E-state index >= 15 is 0 Å². The van der Waals surface area contributed by atoms with Gasteiger partial charge in [-0.2, -0.15) is 5.10 Å². The number of ether oxygens (including phenoxy) is 1. The molecule has 110 valence electrons. The highest BCUT2D eigenvalue weighted by atomic mass is 79.9. The van der Waals surface area contributed by atoms with Crippen molar-refractivity contribution in [2.24, 2.45) is 0 Å². The zero-order valence-corrected chi connectivity index (χ0v) is 13.8. The molecule has 1 N–H and O–H groups in total. The van der Waals surface area contributed by atoms with Crippen molar-refractivity contribution in [1.82, 2.24) is 15.1 Å². The van der Waals surface area contributed by atoms with Crippen molar-refractivity contribution >= 4 is 15.9 Å². The second-order valence-corrected chi connectivity index (χ2v) is 5.54. The highest BCUT2D eigenvalue weighted by Crippen LogP contribution is 2.31. The van der Waals surface area contributed by atoms with Crippen molar-refractivity contribution in [3.63, 3.8) is 0 Å². The molecule has 2 rings (SSSR count). The van der Waals surface area contributed by atoms with Crippen LogP contribution in [0.4, 0.5) is 0 Å². The summed E-state index contributed by atoms with van der Waals surface area (Å²) in [7, 11) is 3.63. The first kappa shape index (κ1) is 15.3. The number of nitrogens with one attached hydrogen (secondary N) is 1. The van der Waals surface area contributed by atoms with Crippen LogP contribution >= 0.6 is 15.9 Å². The molecular weight excluding hydrogens is 322 g/mol. The van der Waals surface area contributed by atoms with E-state index in [0.29, 0.717) is 13.2 Å². The van der Waals surface area contributed by atoms with E-state index in [0.717, 1.165) is 27.3 Å². The molecule has 0 fully saturated rings. The first-order valence-electron chi connectivity index (χ1n) is 6.52. The van der Waals surface area contributed by atoms with Crippen LogP contribution < -0.4 is 5.32 Å². The molecule has 0 aliphatic carbocycles. The molecule has 0 aromatic carbocycles. The Morgan fingerprint density at radius 3 is 2.80 bits per heavy atom. The third-order valence-electron chi connectivity index (χ3n) is 3.29. The van der Waals surface area contributed by atoms with Gasteiger partial charge in [0.05, 0.1) is 35.6 Å². The van der Waals surface area contributed by atoms with Crippen LogP contribution in [0.1, 0.15) is 28.8 Å². The van der Waals surface area contributed by atoms with Gasteiger partial charge in [0.2, 0.25) is 0 Å². The predicted molar refractivity (Wildman–Crippen MR) is 80.9 cm³/mol. The quantitative estimate of drug-likeness (QED) is 0.877. The molecule has 0 amide bonds. The first-order chi connectivity index (χ1) is 9.58. The number of hydrogen-bond acceptors (Lipinski definition) is 4. The van der Waals surface area contributed by atoms with E-state index in [9.17, 15) is 0 Å². The minimum Gasteiger partial charge on any atom is -0.466 e. The lowest BCUT2D eigenvalue weighted by Gasteiger charge is -2.18. The van der Waals surface area contributed by atoms with Crippen molar-refractivity contribution in [3.05, 3.63) is 39.5 Å². The highest BCUT2D eigenvalue weighted by molar-refractivity contribution is 9.10. The Morgan fingerprint density at radius 1 is 1.50 bits per heavy atom. The normalized spacial score (nSPS) is 12.8. The molecule has 2 aromatic heterocycles. The standard InChI is InChI=1S/C14H20BrN3O2/c1-9-7-11(10(2)20-9)13(16-3)14-12(15)8-17-18(14)5-6-19-4/h7-8,13,16H,5-6H2,1-4H3. The van der Waals surface area contributed by atoms with Crippen molar-refractivity contribution in [3.8, 4) is 0 Å². The summed E-state index contributed by atoms with van der Waals surface area (Å²) in [5, 5.41) is 7.74. The second kappa shape index (κ2) is 6.56. The maximum atomic E-state index is 5.65. The Kier molecular flexibility index (Phi) is 5.01. The van der Waals surface area contributed by atoms with Crippen molar-refractivity contribution in [2.45, 2.75) is 26.4 Å². The van der Waals surface area contributed by atoms with E-state index in [1.165, 1.54) is 0 Å². The van der Waals surface area contributed by atoms with E-state index in [4.69, 9.17) is 9.15 Å². The predicted octanol–water partition coefficient (Wildman–Crippen LogP) is 2.81. The minimum absolute atomic E-state index is 0.0289. The van der Waals surface area contributed by atoms with Crippen LogP contribution in [-0.4, -0.2) is 30.5 Å². The summed E-state index contributed by atoms with van der Waals surface area (Å²) in [6, 6.07) is 2.09. The SMILES string of the molecule is CNC(c1cc(C)oc1C)c1c(Br)cnn1CCOC. The molecule has 0 radical (unpaired) electrons. The molecule has 0 saturated carbocycles. The van der Waals surface area contributed by atoms with E-state index in [1.807, 2.05) is 31.8 Å². The van der Waals surface area contributed by atoms with E-state index < -0.39 is 0 Å². The molecule has 1 atom stereocenters. The highest BCUT2D eigenvalue weighted by Gasteiger charge is 2.23. The number of aryl methyl sites for hydroxylation is 2. The van der Waals surface area contributed by atoms with Gasteiger partial charge in [-0.1, -0.05) is 0 Å². The average Bonchev–Trinajstić information content (AvgIpc) is 2.93. The van der Waals surface area contributed by atoms with Crippen molar-refractivity contribution in [2.75, 3.05) is 20.8 Å². The summed E-state index contributed by atoms with van der Waals surface area (Å²) in [5.74, 6) is 1.84. The lowest BCUT2D eigenvalue weighted by atomic mass is 10.0. The summed E-state index contributed by atoms with van der Waals surface area (Å²) < 4.78 is 13.7. The van der Waals surface area contributed by atoms with E-state index in [1.54, 1.807) is 7.11 Å². The average molecular weight is 342 g/mol. The van der Waals surface area contributed by atoms with Gasteiger partial charge >= 0.3 is 0 Å². The van der Waals surface area contributed by atoms with Gasteiger partial charge in [0.1, 0.15) is 11.5 Å². The van der Waals surface area contributed by atoms with E-state index in [-0.39, 0.29) is 6.04 Å². The number of methoxy groups -OCH3 is 1. The second-order valence-electron chi connectivity index (χ2n) is 4.68. The molecule has 0 aliphatic heterocycles. The zero-order valence-electron chi connectivity index (χ0n) is 12.2. The fourth-order valence-electron chi connectivity index (χ4n) is 2.39. The lowest BCUT2D eigenvalue weighted by molar-refractivity contribution is 0.182. The molecular formula is C14H20BrN3O2. The number of halogens is 1. The van der Waals surface area contributed by atoms with Crippen LogP contribution in [0.25, 0.3) is 0 Å². The topological polar surface area (TPSA) is 52.2 Å². The van der Waals surface area contributed by atoms with Gasteiger partial charge in [-0.15, -0.1) is 0 Å². The van der Waals surface area contributed by atoms with Crippen LogP contribution in [0, 0.1) is 13.8 Å². The van der Waals surface area contributed by atoms with Crippen LogP contribution in [-0.2, 0) is 11.3 Å². The first-order valence-corrected chi connectivity index (χ1v) is 7.32. The Balaban J connectivity index is 2.41.